The number of aromatic nitrogens is 1. The van der Waals surface area contributed by atoms with Crippen molar-refractivity contribution in [1.29, 1.82) is 0 Å². The molecule has 1 aromatic rings. The fourth-order valence-electron chi connectivity index (χ4n) is 0.558. The molecule has 1 aromatic heterocycles. The molecule has 1 rings (SSSR count). The van der Waals surface area contributed by atoms with Gasteiger partial charge in [-0.05, 0) is 0 Å². The minimum absolute atomic E-state index is 0.207. The largest absolute Gasteiger partial charge is 0.298 e. The second-order valence-corrected chi connectivity index (χ2v) is 3.77. The van der Waals surface area contributed by atoms with Gasteiger partial charge < -0.3 is 0 Å². The Kier molecular flexibility index (Phi) is 3.21. The van der Waals surface area contributed by atoms with Gasteiger partial charge in [0.1, 0.15) is 4.34 Å². The van der Waals surface area contributed by atoms with Crippen LogP contribution in [0.2, 0.25) is 4.34 Å². The van der Waals surface area contributed by atoms with Gasteiger partial charge in [-0.2, -0.15) is 0 Å². The lowest BCUT2D eigenvalue weighted by Gasteiger charge is -2.00. The Morgan fingerprint density at radius 3 is 2.69 bits per heavy atom. The summed E-state index contributed by atoms with van der Waals surface area (Å²) in [6, 6.07) is 0. The highest BCUT2D eigenvalue weighted by Gasteiger charge is 2.09. The number of thiazole rings is 1. The van der Waals surface area contributed by atoms with Crippen LogP contribution in [-0.2, 0) is 4.79 Å². The zero-order valence-electron chi connectivity index (χ0n) is 6.63. The molecule has 2 amide bonds. The van der Waals surface area contributed by atoms with Gasteiger partial charge in [0.15, 0.2) is 5.01 Å². The SMILES string of the molecule is CC(=O)NNC(=O)c1ncc(Cl)s1. The number of halogens is 1. The smallest absolute Gasteiger partial charge is 0.274 e. The Morgan fingerprint density at radius 2 is 2.23 bits per heavy atom. The second-order valence-electron chi connectivity index (χ2n) is 2.10. The van der Waals surface area contributed by atoms with Gasteiger partial charge in [-0.1, -0.05) is 22.9 Å². The van der Waals surface area contributed by atoms with E-state index in [4.69, 9.17) is 11.6 Å². The summed E-state index contributed by atoms with van der Waals surface area (Å²) in [4.78, 5) is 25.3. The van der Waals surface area contributed by atoms with E-state index in [1.807, 2.05) is 0 Å². The summed E-state index contributed by atoms with van der Waals surface area (Å²) in [5, 5.41) is 0.207. The van der Waals surface area contributed by atoms with E-state index in [2.05, 4.69) is 15.8 Å². The number of hydrazine groups is 1. The molecule has 0 aliphatic heterocycles. The van der Waals surface area contributed by atoms with Crippen LogP contribution >= 0.6 is 22.9 Å². The van der Waals surface area contributed by atoms with Gasteiger partial charge in [0.2, 0.25) is 5.91 Å². The quantitative estimate of drug-likeness (QED) is 0.679. The maximum Gasteiger partial charge on any atom is 0.298 e. The summed E-state index contributed by atoms with van der Waals surface area (Å²) >= 11 is 6.59. The maximum absolute atomic E-state index is 11.1. The molecule has 13 heavy (non-hydrogen) atoms. The summed E-state index contributed by atoms with van der Waals surface area (Å²) in [7, 11) is 0. The van der Waals surface area contributed by atoms with Crippen LogP contribution in [0.15, 0.2) is 6.20 Å². The molecular formula is C6H6ClN3O2S. The average molecular weight is 220 g/mol. The van der Waals surface area contributed by atoms with E-state index in [9.17, 15) is 9.59 Å². The molecule has 2 N–H and O–H groups in total. The third-order valence-electron chi connectivity index (χ3n) is 1.02. The third kappa shape index (κ3) is 3.00. The molecule has 0 aliphatic carbocycles. The summed E-state index contributed by atoms with van der Waals surface area (Å²) in [5.74, 6) is -0.830. The molecule has 0 saturated heterocycles. The number of hydrogen-bond acceptors (Lipinski definition) is 4. The summed E-state index contributed by atoms with van der Waals surface area (Å²) in [5.41, 5.74) is 4.30. The lowest BCUT2D eigenvalue weighted by atomic mass is 10.6. The van der Waals surface area contributed by atoms with Crippen LogP contribution in [0.1, 0.15) is 16.7 Å². The van der Waals surface area contributed by atoms with Crippen molar-refractivity contribution >= 4 is 34.8 Å². The van der Waals surface area contributed by atoms with Crippen molar-refractivity contribution in [2.24, 2.45) is 0 Å². The number of carbonyl (C=O) groups excluding carboxylic acids is 2. The predicted octanol–water partition coefficient (Wildman–Crippen LogP) is 0.577. The zero-order valence-corrected chi connectivity index (χ0v) is 8.20. The number of nitrogens with zero attached hydrogens (tertiary/aromatic N) is 1. The Balaban J connectivity index is 2.54. The van der Waals surface area contributed by atoms with Crippen molar-refractivity contribution in [2.75, 3.05) is 0 Å². The summed E-state index contributed by atoms with van der Waals surface area (Å²) in [6.07, 6.45) is 1.37. The van der Waals surface area contributed by atoms with Crippen LogP contribution < -0.4 is 10.9 Å². The number of carbonyl (C=O) groups is 2. The molecule has 7 heteroatoms. The number of hydrogen-bond donors (Lipinski definition) is 2. The van der Waals surface area contributed by atoms with Gasteiger partial charge >= 0.3 is 0 Å². The minimum atomic E-state index is -0.480. The molecule has 0 bridgehead atoms. The highest BCUT2D eigenvalue weighted by atomic mass is 35.5. The van der Waals surface area contributed by atoms with E-state index < -0.39 is 5.91 Å². The van der Waals surface area contributed by atoms with Crippen LogP contribution in [0.25, 0.3) is 0 Å². The summed E-state index contributed by atoms with van der Waals surface area (Å²) in [6.45, 7) is 1.29. The highest BCUT2D eigenvalue weighted by Crippen LogP contribution is 2.17. The number of nitrogens with one attached hydrogen (secondary N) is 2. The third-order valence-corrected chi connectivity index (χ3v) is 2.14. The average Bonchev–Trinajstić information content (AvgIpc) is 2.47. The first-order chi connectivity index (χ1) is 6.09. The van der Waals surface area contributed by atoms with Crippen LogP contribution in [-0.4, -0.2) is 16.8 Å². The molecule has 0 atom stereocenters. The molecule has 0 aliphatic rings. The van der Waals surface area contributed by atoms with Gasteiger partial charge in [0.05, 0.1) is 6.20 Å². The van der Waals surface area contributed by atoms with Crippen molar-refractivity contribution in [2.45, 2.75) is 6.92 Å². The lowest BCUT2D eigenvalue weighted by molar-refractivity contribution is -0.119. The number of amides is 2. The van der Waals surface area contributed by atoms with Crippen molar-refractivity contribution in [3.05, 3.63) is 15.5 Å². The Bertz CT molecular complexity index is 338. The minimum Gasteiger partial charge on any atom is -0.274 e. The molecule has 0 radical (unpaired) electrons. The monoisotopic (exact) mass is 219 g/mol. The normalized spacial score (nSPS) is 9.38. The second kappa shape index (κ2) is 4.20. The van der Waals surface area contributed by atoms with Crippen LogP contribution in [0.5, 0.6) is 0 Å². The van der Waals surface area contributed by atoms with Crippen molar-refractivity contribution < 1.29 is 9.59 Å². The van der Waals surface area contributed by atoms with Crippen LogP contribution in [0, 0.1) is 0 Å². The van der Waals surface area contributed by atoms with E-state index in [0.717, 1.165) is 11.3 Å². The van der Waals surface area contributed by atoms with E-state index in [0.29, 0.717) is 4.34 Å². The fourth-order valence-corrected chi connectivity index (χ4v) is 1.36. The van der Waals surface area contributed by atoms with E-state index >= 15 is 0 Å². The maximum atomic E-state index is 11.1. The van der Waals surface area contributed by atoms with E-state index in [1.54, 1.807) is 0 Å². The molecule has 70 valence electrons. The Labute approximate surface area is 83.1 Å². The molecule has 0 spiro atoms. The van der Waals surface area contributed by atoms with Crippen molar-refractivity contribution in [3.8, 4) is 0 Å². The fraction of sp³-hybridized carbons (Fsp3) is 0.167. The number of rotatable bonds is 1. The zero-order chi connectivity index (χ0) is 9.84. The highest BCUT2D eigenvalue weighted by molar-refractivity contribution is 7.17. The van der Waals surface area contributed by atoms with E-state index in [-0.39, 0.29) is 10.9 Å². The molecule has 0 unspecified atom stereocenters. The predicted molar refractivity (Wildman–Crippen MR) is 48.4 cm³/mol. The van der Waals surface area contributed by atoms with Crippen molar-refractivity contribution in [3.63, 3.8) is 0 Å². The lowest BCUT2D eigenvalue weighted by Crippen LogP contribution is -2.40. The standard InChI is InChI=1S/C6H6ClN3O2S/c1-3(11)9-10-5(12)6-8-2-4(7)13-6/h2H,1H3,(H,9,11)(H,10,12). The molecule has 0 fully saturated rings. The van der Waals surface area contributed by atoms with Gasteiger partial charge in [0.25, 0.3) is 5.91 Å². The van der Waals surface area contributed by atoms with Gasteiger partial charge in [0, 0.05) is 6.92 Å². The van der Waals surface area contributed by atoms with E-state index in [1.165, 1.54) is 13.1 Å². The van der Waals surface area contributed by atoms with Crippen LogP contribution in [0.3, 0.4) is 0 Å². The van der Waals surface area contributed by atoms with Gasteiger partial charge in [-0.15, -0.1) is 0 Å². The topological polar surface area (TPSA) is 71.1 Å². The molecular weight excluding hydrogens is 214 g/mol. The van der Waals surface area contributed by atoms with Crippen molar-refractivity contribution in [1.82, 2.24) is 15.8 Å². The van der Waals surface area contributed by atoms with Crippen LogP contribution in [0.4, 0.5) is 0 Å². The molecule has 1 heterocycles. The summed E-state index contributed by atoms with van der Waals surface area (Å²) < 4.78 is 0.424. The first-order valence-electron chi connectivity index (χ1n) is 3.28. The van der Waals surface area contributed by atoms with Gasteiger partial charge in [-0.25, -0.2) is 4.98 Å². The molecule has 0 saturated carbocycles. The first kappa shape index (κ1) is 9.94. The first-order valence-corrected chi connectivity index (χ1v) is 4.47. The Hall–Kier alpha value is -1.14. The molecule has 0 aromatic carbocycles. The molecule has 5 nitrogen and oxygen atoms in total. The van der Waals surface area contributed by atoms with Gasteiger partial charge in [-0.3, -0.25) is 20.4 Å². The Morgan fingerprint density at radius 1 is 1.54 bits per heavy atom.